The first-order chi connectivity index (χ1) is 10.2. The molecule has 0 amide bonds. The van der Waals surface area contributed by atoms with E-state index in [0.29, 0.717) is 6.04 Å². The molecule has 21 heavy (non-hydrogen) atoms. The van der Waals surface area contributed by atoms with Gasteiger partial charge in [0.1, 0.15) is 0 Å². The molecule has 2 unspecified atom stereocenters. The van der Waals surface area contributed by atoms with Gasteiger partial charge in [0.2, 0.25) is 0 Å². The molecule has 0 bridgehead atoms. The van der Waals surface area contributed by atoms with Crippen LogP contribution < -0.4 is 10.2 Å². The fraction of sp³-hybridized carbons (Fsp3) is 0.647. The first-order valence-corrected chi connectivity index (χ1v) is 8.94. The van der Waals surface area contributed by atoms with E-state index in [-0.39, 0.29) is 0 Å². The van der Waals surface area contributed by atoms with Gasteiger partial charge in [-0.3, -0.25) is 4.90 Å². The molecule has 2 atom stereocenters. The minimum Gasteiger partial charge on any atom is -0.368 e. The summed E-state index contributed by atoms with van der Waals surface area (Å²) in [6.07, 6.45) is 4.15. The maximum Gasteiger partial charge on any atom is 0.0511 e. The molecule has 3 rings (SSSR count). The number of piperazine rings is 1. The van der Waals surface area contributed by atoms with Gasteiger partial charge >= 0.3 is 0 Å². The third kappa shape index (κ3) is 3.27. The van der Waals surface area contributed by atoms with Gasteiger partial charge in [0, 0.05) is 36.2 Å². The predicted octanol–water partition coefficient (Wildman–Crippen LogP) is 3.40. The number of nitrogens with zero attached hydrogens (tertiary/aromatic N) is 2. The molecule has 0 aromatic heterocycles. The topological polar surface area (TPSA) is 18.5 Å². The first kappa shape index (κ1) is 15.3. The fourth-order valence-electron chi connectivity index (χ4n) is 3.59. The highest BCUT2D eigenvalue weighted by atomic mass is 79.9. The van der Waals surface area contributed by atoms with Gasteiger partial charge < -0.3 is 10.2 Å². The van der Waals surface area contributed by atoms with E-state index < -0.39 is 0 Å². The van der Waals surface area contributed by atoms with Crippen LogP contribution in [0.15, 0.2) is 22.7 Å². The second kappa shape index (κ2) is 6.67. The van der Waals surface area contributed by atoms with Gasteiger partial charge in [-0.15, -0.1) is 0 Å². The number of benzene rings is 1. The molecule has 116 valence electrons. The van der Waals surface area contributed by atoms with Crippen molar-refractivity contribution in [3.8, 4) is 0 Å². The summed E-state index contributed by atoms with van der Waals surface area (Å²) in [5.74, 6) is 0. The summed E-state index contributed by atoms with van der Waals surface area (Å²) < 4.78 is 1.23. The Labute approximate surface area is 136 Å². The van der Waals surface area contributed by atoms with Crippen LogP contribution in [0.1, 0.15) is 37.8 Å². The average Bonchev–Trinajstić information content (AvgIpc) is 2.53. The Balaban J connectivity index is 1.74. The lowest BCUT2D eigenvalue weighted by Crippen LogP contribution is -2.55. The minimum atomic E-state index is 0.394. The van der Waals surface area contributed by atoms with E-state index in [9.17, 15) is 0 Å². The predicted molar refractivity (Wildman–Crippen MR) is 93.0 cm³/mol. The van der Waals surface area contributed by atoms with Crippen LogP contribution in [-0.2, 0) is 0 Å². The Kier molecular flexibility index (Phi) is 4.87. The summed E-state index contributed by atoms with van der Waals surface area (Å²) in [5.41, 5.74) is 2.69. The number of halogens is 1. The van der Waals surface area contributed by atoms with E-state index in [1.165, 1.54) is 54.6 Å². The zero-order valence-electron chi connectivity index (χ0n) is 13.1. The fourth-order valence-corrected chi connectivity index (χ4v) is 4.24. The molecule has 2 saturated heterocycles. The molecule has 0 saturated carbocycles. The van der Waals surface area contributed by atoms with Crippen molar-refractivity contribution in [3.05, 3.63) is 28.2 Å². The van der Waals surface area contributed by atoms with Gasteiger partial charge in [-0.05, 0) is 67.0 Å². The number of hydrogen-bond donors (Lipinski definition) is 1. The molecule has 2 heterocycles. The van der Waals surface area contributed by atoms with E-state index in [1.807, 2.05) is 7.05 Å². The summed E-state index contributed by atoms with van der Waals surface area (Å²) in [5, 5.41) is 3.30. The van der Waals surface area contributed by atoms with Crippen LogP contribution in [0, 0.1) is 0 Å². The molecule has 0 spiro atoms. The van der Waals surface area contributed by atoms with Crippen LogP contribution in [0.4, 0.5) is 5.69 Å². The van der Waals surface area contributed by atoms with Crippen molar-refractivity contribution in [3.63, 3.8) is 0 Å². The van der Waals surface area contributed by atoms with Crippen molar-refractivity contribution in [2.75, 3.05) is 38.1 Å². The molecule has 1 aromatic carbocycles. The molecular formula is C17H26BrN3. The highest BCUT2D eigenvalue weighted by Crippen LogP contribution is 2.32. The Morgan fingerprint density at radius 1 is 1.24 bits per heavy atom. The zero-order chi connectivity index (χ0) is 14.8. The van der Waals surface area contributed by atoms with E-state index in [4.69, 9.17) is 0 Å². The van der Waals surface area contributed by atoms with Crippen molar-refractivity contribution >= 4 is 21.6 Å². The highest BCUT2D eigenvalue weighted by Gasteiger charge is 2.29. The van der Waals surface area contributed by atoms with Crippen molar-refractivity contribution in [2.24, 2.45) is 0 Å². The van der Waals surface area contributed by atoms with Crippen LogP contribution >= 0.6 is 15.9 Å². The molecule has 4 heteroatoms. The maximum absolute atomic E-state index is 3.79. The zero-order valence-corrected chi connectivity index (χ0v) is 14.7. The Hall–Kier alpha value is -0.580. The summed E-state index contributed by atoms with van der Waals surface area (Å²) in [6, 6.07) is 7.96. The van der Waals surface area contributed by atoms with Crippen molar-refractivity contribution in [2.45, 2.75) is 38.3 Å². The number of rotatable bonds is 3. The number of piperidine rings is 1. The van der Waals surface area contributed by atoms with E-state index in [2.05, 4.69) is 56.2 Å². The van der Waals surface area contributed by atoms with Gasteiger partial charge in [0.15, 0.2) is 0 Å². The number of fused-ring (bicyclic) bond motifs is 1. The molecule has 1 aromatic rings. The highest BCUT2D eigenvalue weighted by molar-refractivity contribution is 9.10. The second-order valence-electron chi connectivity index (χ2n) is 6.35. The number of anilines is 1. The monoisotopic (exact) mass is 351 g/mol. The number of nitrogens with one attached hydrogen (secondary N) is 1. The largest absolute Gasteiger partial charge is 0.368 e. The van der Waals surface area contributed by atoms with E-state index >= 15 is 0 Å². The van der Waals surface area contributed by atoms with Crippen LogP contribution in [0.2, 0.25) is 0 Å². The Morgan fingerprint density at radius 2 is 2.10 bits per heavy atom. The molecular weight excluding hydrogens is 326 g/mol. The quantitative estimate of drug-likeness (QED) is 0.900. The molecule has 2 aliphatic rings. The molecule has 0 radical (unpaired) electrons. The molecule has 3 nitrogen and oxygen atoms in total. The van der Waals surface area contributed by atoms with Crippen molar-refractivity contribution in [1.82, 2.24) is 10.2 Å². The number of hydrogen-bond acceptors (Lipinski definition) is 3. The van der Waals surface area contributed by atoms with Gasteiger partial charge in [0.05, 0.1) is 5.69 Å². The SMILES string of the molecule is CNC(C)c1ccc(N2CCN3CCCCC3C2)c(Br)c1. The van der Waals surface area contributed by atoms with Crippen LogP contribution in [0.3, 0.4) is 0 Å². The van der Waals surface area contributed by atoms with Crippen molar-refractivity contribution < 1.29 is 0 Å². The molecule has 0 aliphatic carbocycles. The second-order valence-corrected chi connectivity index (χ2v) is 7.21. The molecule has 2 aliphatic heterocycles. The lowest BCUT2D eigenvalue weighted by molar-refractivity contribution is 0.133. The smallest absolute Gasteiger partial charge is 0.0511 e. The van der Waals surface area contributed by atoms with Gasteiger partial charge in [0.25, 0.3) is 0 Å². The van der Waals surface area contributed by atoms with Gasteiger partial charge in [-0.25, -0.2) is 0 Å². The lowest BCUT2D eigenvalue weighted by atomic mass is 9.99. The van der Waals surface area contributed by atoms with E-state index in [1.54, 1.807) is 0 Å². The summed E-state index contributed by atoms with van der Waals surface area (Å²) in [4.78, 5) is 5.25. The van der Waals surface area contributed by atoms with Crippen LogP contribution in [0.5, 0.6) is 0 Å². The average molecular weight is 352 g/mol. The van der Waals surface area contributed by atoms with Crippen LogP contribution in [0.25, 0.3) is 0 Å². The summed E-state index contributed by atoms with van der Waals surface area (Å²) >= 11 is 3.79. The van der Waals surface area contributed by atoms with Crippen LogP contribution in [-0.4, -0.2) is 44.2 Å². The Morgan fingerprint density at radius 3 is 2.86 bits per heavy atom. The van der Waals surface area contributed by atoms with Gasteiger partial charge in [-0.2, -0.15) is 0 Å². The molecule has 2 fully saturated rings. The first-order valence-electron chi connectivity index (χ1n) is 8.14. The maximum atomic E-state index is 3.79. The third-order valence-corrected chi connectivity index (χ3v) is 5.72. The third-order valence-electron chi connectivity index (χ3n) is 5.08. The lowest BCUT2D eigenvalue weighted by Gasteiger charge is -2.45. The van der Waals surface area contributed by atoms with E-state index in [0.717, 1.165) is 12.6 Å². The molecule has 1 N–H and O–H groups in total. The Bertz CT molecular complexity index is 491. The van der Waals surface area contributed by atoms with Gasteiger partial charge in [-0.1, -0.05) is 12.5 Å². The minimum absolute atomic E-state index is 0.394. The summed E-state index contributed by atoms with van der Waals surface area (Å²) in [6.45, 7) is 7.04. The van der Waals surface area contributed by atoms with Crippen molar-refractivity contribution in [1.29, 1.82) is 0 Å². The standard InChI is InChI=1S/C17H26BrN3/c1-13(19-2)14-6-7-17(16(18)11-14)21-10-9-20-8-4-3-5-15(20)12-21/h6-7,11,13,15,19H,3-5,8-10,12H2,1-2H3. The normalized spacial score (nSPS) is 24.7. The summed E-state index contributed by atoms with van der Waals surface area (Å²) in [7, 11) is 2.01.